The van der Waals surface area contributed by atoms with Gasteiger partial charge in [-0.05, 0) is 55.4 Å². The molecule has 3 aromatic rings. The lowest BCUT2D eigenvalue weighted by molar-refractivity contribution is -0.306. The highest BCUT2D eigenvalue weighted by atomic mass is 19.4. The van der Waals surface area contributed by atoms with Gasteiger partial charge in [0.1, 0.15) is 98.0 Å². The van der Waals surface area contributed by atoms with Crippen molar-refractivity contribution in [2.24, 2.45) is 40.3 Å². The van der Waals surface area contributed by atoms with Gasteiger partial charge in [-0.2, -0.15) is 79.0 Å². The first kappa shape index (κ1) is 112. The molecule has 126 heavy (non-hydrogen) atoms. The summed E-state index contributed by atoms with van der Waals surface area (Å²) >= 11 is 0. The third-order valence-electron chi connectivity index (χ3n) is 17.0. The number of hydrogen-bond donors (Lipinski definition) is 21. The van der Waals surface area contributed by atoms with E-state index in [1.807, 2.05) is 48.5 Å². The van der Waals surface area contributed by atoms with Gasteiger partial charge >= 0.3 is 84.9 Å². The highest BCUT2D eigenvalue weighted by Gasteiger charge is 2.56. The van der Waals surface area contributed by atoms with Crippen LogP contribution in [0.1, 0.15) is 63.8 Å². The van der Waals surface area contributed by atoms with Gasteiger partial charge in [0.05, 0.1) is 30.4 Å². The van der Waals surface area contributed by atoms with E-state index < -0.39 is 243 Å². The van der Waals surface area contributed by atoms with Crippen LogP contribution in [0.4, 0.5) is 83.8 Å². The third kappa shape index (κ3) is 35.0. The predicted molar refractivity (Wildman–Crippen MR) is 375 cm³/mol. The van der Waals surface area contributed by atoms with Crippen LogP contribution in [0.3, 0.4) is 0 Å². The fourth-order valence-electron chi connectivity index (χ4n) is 11.1. The second-order valence-electron chi connectivity index (χ2n) is 28.1. The SMILES string of the molecule is CC(C)C(NC(=O)C(Cc1cn(C[C@H]2O[C@@H](O[C@@H]3[C@@H](O)[C@H](N)C[C@H](N)[C@H]3O[C@H]3O[C@H](CN)[C@@H](O)[C@H](O)[C@H]3N)[C@H](O)[C@@H]2O[C@H]2O[C@@H](CN)[C@@H](O)[C@H](O)[C@H]2N)nn1)NC(=O)OCC1c2ccccc2-c2ccccc21)C(=O)NCC(=O)OC(C)(C)C.O=C(O)C(F)(F)F.O=C(O)C(F)(F)F.O=C(O)C(F)(F)F.O=C(O)C(F)(F)F.O=C(O)C(F)(F)F.O=C(O)C(F)(F)F. The van der Waals surface area contributed by atoms with Crippen molar-refractivity contribution in [1.29, 1.82) is 0 Å². The first-order chi connectivity index (χ1) is 57.4. The molecule has 0 radical (unpaired) electrons. The molecule has 2 unspecified atom stereocenters. The Balaban J connectivity index is 0.00000105. The molecule has 1 aromatic heterocycles. The van der Waals surface area contributed by atoms with Crippen molar-refractivity contribution in [3.8, 4) is 11.1 Å². The Bertz CT molecular complexity index is 3840. The van der Waals surface area contributed by atoms with Crippen molar-refractivity contribution in [1.82, 2.24) is 30.9 Å². The highest BCUT2D eigenvalue weighted by Crippen LogP contribution is 2.45. The number of aliphatic carboxylic acids is 6. The molecule has 3 saturated heterocycles. The quantitative estimate of drug-likeness (QED) is 0.0415. The summed E-state index contributed by atoms with van der Waals surface area (Å²) in [5, 5.41) is 126. The number of rotatable bonds is 21. The van der Waals surface area contributed by atoms with Crippen molar-refractivity contribution in [3.05, 3.63) is 71.5 Å². The summed E-state index contributed by atoms with van der Waals surface area (Å²) in [5.41, 5.74) is 40.3. The average molecular weight is 1870 g/mol. The lowest BCUT2D eigenvalue weighted by atomic mass is 9.84. The van der Waals surface area contributed by atoms with Gasteiger partial charge < -0.3 is 150 Å². The zero-order valence-corrected chi connectivity index (χ0v) is 65.2. The topological polar surface area (TPSA) is 710 Å². The van der Waals surface area contributed by atoms with Gasteiger partial charge in [0, 0.05) is 43.7 Å². The van der Waals surface area contributed by atoms with Crippen molar-refractivity contribution in [3.63, 3.8) is 0 Å². The summed E-state index contributed by atoms with van der Waals surface area (Å²) in [6.45, 7) is 6.98. The molecule has 718 valence electrons. The van der Waals surface area contributed by atoms with Gasteiger partial charge in [-0.25, -0.2) is 38.2 Å². The Hall–Kier alpha value is -9.90. The van der Waals surface area contributed by atoms with Crippen molar-refractivity contribution in [2.75, 3.05) is 26.2 Å². The monoisotopic (exact) mass is 1870 g/mol. The largest absolute Gasteiger partial charge is 0.490 e. The number of carboxylic acids is 6. The van der Waals surface area contributed by atoms with Gasteiger partial charge in [0.2, 0.25) is 11.8 Å². The van der Waals surface area contributed by atoms with Crippen LogP contribution in [0.15, 0.2) is 54.7 Å². The Kier molecular flexibility index (Phi) is 42.1. The normalized spacial score (nSPS) is 26.5. The molecule has 4 heterocycles. The molecule has 0 bridgehead atoms. The second-order valence-corrected chi connectivity index (χ2v) is 28.1. The molecular weight excluding hydrogens is 1780 g/mol. The van der Waals surface area contributed by atoms with Crippen molar-refractivity contribution in [2.45, 2.75) is 231 Å². The van der Waals surface area contributed by atoms with Crippen LogP contribution >= 0.6 is 0 Å². The first-order valence-electron chi connectivity index (χ1n) is 35.5. The smallest absolute Gasteiger partial charge is 0.475 e. The number of nitrogens with zero attached hydrogens (tertiary/aromatic N) is 3. The molecule has 42 nitrogen and oxygen atoms in total. The summed E-state index contributed by atoms with van der Waals surface area (Å²) in [6.07, 6.45) is -52.3. The van der Waals surface area contributed by atoms with E-state index in [9.17, 15) is 129 Å². The van der Waals surface area contributed by atoms with Gasteiger partial charge in [-0.1, -0.05) is 67.6 Å². The Morgan fingerprint density at radius 3 is 1.25 bits per heavy atom. The minimum absolute atomic E-state index is 0.00314. The molecule has 3 amide bonds. The van der Waals surface area contributed by atoms with Crippen LogP contribution in [0, 0.1) is 5.92 Å². The molecule has 21 atom stereocenters. The molecule has 2 aliphatic carbocycles. The number of nitrogens with two attached hydrogens (primary N) is 6. The molecule has 8 rings (SSSR count). The summed E-state index contributed by atoms with van der Waals surface area (Å²) in [5.74, 6) is -19.6. The number of fused-ring (bicyclic) bond motifs is 3. The maximum absolute atomic E-state index is 14.4. The number of carboxylic acid groups (broad SMARTS) is 6. The first-order valence-corrected chi connectivity index (χ1v) is 35.5. The van der Waals surface area contributed by atoms with E-state index in [1.165, 1.54) is 10.9 Å². The zero-order valence-electron chi connectivity index (χ0n) is 65.2. The van der Waals surface area contributed by atoms with Gasteiger partial charge in [0.25, 0.3) is 0 Å². The minimum Gasteiger partial charge on any atom is -0.475 e. The minimum atomic E-state index is -5.08. The number of amides is 3. The number of carbonyl (C=O) groups excluding carboxylic acids is 4. The number of benzene rings is 2. The van der Waals surface area contributed by atoms with Gasteiger partial charge in [-0.3, -0.25) is 14.4 Å². The van der Waals surface area contributed by atoms with Crippen molar-refractivity contribution < 1.29 is 226 Å². The lowest BCUT2D eigenvalue weighted by Gasteiger charge is -2.47. The molecule has 60 heteroatoms. The predicted octanol–water partition coefficient (Wildman–Crippen LogP) is -1.75. The number of halogens is 18. The zero-order chi connectivity index (χ0) is 97.5. The number of aliphatic hydroxyl groups excluding tert-OH is 6. The van der Waals surface area contributed by atoms with E-state index in [-0.39, 0.29) is 50.7 Å². The second kappa shape index (κ2) is 47.2. The summed E-state index contributed by atoms with van der Waals surface area (Å²) in [6, 6.07) is 8.11. The number of nitrogens with one attached hydrogen (secondary N) is 3. The summed E-state index contributed by atoms with van der Waals surface area (Å²) in [7, 11) is 0. The van der Waals surface area contributed by atoms with Crippen LogP contribution in [0.5, 0.6) is 0 Å². The Labute approximate surface area is 695 Å². The number of aromatic nitrogens is 3. The number of hydrogen-bond acceptors (Lipinski definition) is 32. The van der Waals surface area contributed by atoms with E-state index in [2.05, 4.69) is 26.3 Å². The molecular formula is C66H88F18N12O30. The molecule has 4 fully saturated rings. The van der Waals surface area contributed by atoms with Crippen LogP contribution in [0.25, 0.3) is 11.1 Å². The number of ether oxygens (including phenoxy) is 8. The average Bonchev–Trinajstić information content (AvgIpc) is 1.57. The van der Waals surface area contributed by atoms with E-state index in [0.29, 0.717) is 0 Å². The van der Waals surface area contributed by atoms with E-state index in [4.69, 9.17) is 132 Å². The Morgan fingerprint density at radius 2 is 0.873 bits per heavy atom. The summed E-state index contributed by atoms with van der Waals surface area (Å²) in [4.78, 5) is 108. The third-order valence-corrected chi connectivity index (χ3v) is 17.0. The van der Waals surface area contributed by atoms with E-state index in [0.717, 1.165) is 22.3 Å². The number of aliphatic hydroxyl groups is 6. The van der Waals surface area contributed by atoms with Crippen LogP contribution in [-0.2, 0) is 94.0 Å². The van der Waals surface area contributed by atoms with Crippen LogP contribution in [-0.4, -0.2) is 333 Å². The van der Waals surface area contributed by atoms with Crippen LogP contribution in [0.2, 0.25) is 0 Å². The summed E-state index contributed by atoms with van der Waals surface area (Å²) < 4.78 is 240. The Morgan fingerprint density at radius 1 is 0.500 bits per heavy atom. The van der Waals surface area contributed by atoms with Crippen molar-refractivity contribution >= 4 is 59.7 Å². The van der Waals surface area contributed by atoms with E-state index in [1.54, 1.807) is 34.6 Å². The number of esters is 1. The molecule has 3 aliphatic heterocycles. The number of alkyl halides is 18. The molecule has 27 N–H and O–H groups in total. The maximum atomic E-state index is 14.4. The fraction of sp³-hybridized carbons (Fsp3) is 0.636. The lowest BCUT2D eigenvalue weighted by Crippen LogP contribution is -2.68. The fourth-order valence-corrected chi connectivity index (χ4v) is 11.1. The molecule has 5 aliphatic rings. The highest BCUT2D eigenvalue weighted by molar-refractivity contribution is 5.93. The molecule has 0 spiro atoms. The number of alkyl carbamates (subject to hydrolysis) is 1. The van der Waals surface area contributed by atoms with Gasteiger partial charge in [-0.15, -0.1) is 5.10 Å². The molecule has 1 saturated carbocycles. The number of carbonyl (C=O) groups is 10. The van der Waals surface area contributed by atoms with Crippen LogP contribution < -0.4 is 50.4 Å². The van der Waals surface area contributed by atoms with E-state index >= 15 is 0 Å². The standard InChI is InChI=1S/C54H82N12O18.6C2HF3O2/c1-22(2)38(49(75)61-18-35(67)84-54(3,4)5)63-48(74)31(62-53(76)77-21-28-26-12-8-6-10-24(26)25-11-7-9-13-27(25)28)14-23-19-66(65-64-23)20-34-46(82-51-37(60)43(72)41(70)33(17-56)79-51)44(73)52(80-34)83-47-39(68)29(57)15-30(58)45(47)81-50-36(59)42(71)40(69)32(16-55)78-50;6*3-2(4,5)1(6)7/h6-13,19,22,28-34,36-47,50-52,68-73H,14-18,20-21,55-60H2,1-5H3,(H,61,75)(H,62,76)(H,63,74);6*(H,6,7)/t29-,30+,31?,32-,33+,34-,36-,37-,38?,39+,40-,41-,42-,43-,44-,45-,46-,47-,50-,51-,52+;;;;;;/m1....../s1. The molecule has 2 aromatic carbocycles. The van der Waals surface area contributed by atoms with Gasteiger partial charge in [0.15, 0.2) is 18.9 Å². The maximum Gasteiger partial charge on any atom is 0.490 e.